The first-order valence-electron chi connectivity index (χ1n) is 11.3. The molecule has 0 bridgehead atoms. The third-order valence-electron chi connectivity index (χ3n) is 5.68. The predicted octanol–water partition coefficient (Wildman–Crippen LogP) is 5.41. The lowest BCUT2D eigenvalue weighted by Crippen LogP contribution is -2.25. The van der Waals surface area contributed by atoms with Crippen molar-refractivity contribution in [2.24, 2.45) is 0 Å². The van der Waals surface area contributed by atoms with Crippen LogP contribution < -0.4 is 0 Å². The highest BCUT2D eigenvalue weighted by Gasteiger charge is 2.34. The molecule has 0 aliphatic heterocycles. The largest absolute Gasteiger partial charge is 0.489 e. The smallest absolute Gasteiger partial charge is 0.228 e. The fourth-order valence-corrected chi connectivity index (χ4v) is 3.85. The van der Waals surface area contributed by atoms with E-state index in [0.717, 1.165) is 25.7 Å². The summed E-state index contributed by atoms with van der Waals surface area (Å²) in [6.07, 6.45) is 16.2. The van der Waals surface area contributed by atoms with Crippen molar-refractivity contribution in [1.29, 1.82) is 0 Å². The van der Waals surface area contributed by atoms with E-state index in [-0.39, 0.29) is 23.1 Å². The SMILES string of the molecule is COC1=C(OC)C(=O)C(CCCCCCCCCCCCCCCO)=C(C)C1=O. The van der Waals surface area contributed by atoms with Gasteiger partial charge in [0.15, 0.2) is 0 Å². The summed E-state index contributed by atoms with van der Waals surface area (Å²) in [6.45, 7) is 2.03. The normalized spacial score (nSPS) is 14.8. The molecule has 0 fully saturated rings. The number of methoxy groups -OCH3 is 2. The number of rotatable bonds is 17. The molecule has 0 aromatic carbocycles. The van der Waals surface area contributed by atoms with E-state index in [9.17, 15) is 9.59 Å². The average Bonchev–Trinajstić information content (AvgIpc) is 2.72. The number of aliphatic hydroxyl groups excluding tert-OH is 1. The van der Waals surface area contributed by atoms with Crippen molar-refractivity contribution in [2.75, 3.05) is 20.8 Å². The molecule has 1 N–H and O–H groups in total. The molecule has 0 aromatic rings. The Morgan fingerprint density at radius 1 is 0.621 bits per heavy atom. The highest BCUT2D eigenvalue weighted by molar-refractivity contribution is 6.23. The number of aliphatic hydroxyl groups is 1. The second-order valence-corrected chi connectivity index (χ2v) is 7.90. The van der Waals surface area contributed by atoms with Crippen LogP contribution in [0.1, 0.15) is 96.8 Å². The van der Waals surface area contributed by atoms with Gasteiger partial charge in [0.2, 0.25) is 23.1 Å². The molecule has 0 radical (unpaired) electrons. The number of hydrogen-bond donors (Lipinski definition) is 1. The standard InChI is InChI=1S/C24H40O5/c1-19-20(22(27)24(29-3)23(28-2)21(19)26)17-15-13-11-9-7-5-4-6-8-10-12-14-16-18-25/h25H,4-18H2,1-3H3. The first kappa shape index (κ1) is 25.4. The van der Waals surface area contributed by atoms with E-state index >= 15 is 0 Å². The Bertz CT molecular complexity index is 574. The van der Waals surface area contributed by atoms with Gasteiger partial charge in [0, 0.05) is 17.8 Å². The monoisotopic (exact) mass is 408 g/mol. The number of carbonyl (C=O) groups is 2. The van der Waals surface area contributed by atoms with Crippen molar-refractivity contribution in [1.82, 2.24) is 0 Å². The third-order valence-corrected chi connectivity index (χ3v) is 5.68. The van der Waals surface area contributed by atoms with Gasteiger partial charge in [0.05, 0.1) is 14.2 Å². The fourth-order valence-electron chi connectivity index (χ4n) is 3.85. The van der Waals surface area contributed by atoms with E-state index in [1.807, 2.05) is 0 Å². The van der Waals surface area contributed by atoms with Crippen LogP contribution in [0.25, 0.3) is 0 Å². The maximum atomic E-state index is 12.6. The van der Waals surface area contributed by atoms with E-state index in [1.165, 1.54) is 72.0 Å². The predicted molar refractivity (Wildman–Crippen MR) is 115 cm³/mol. The van der Waals surface area contributed by atoms with Crippen LogP contribution in [0.4, 0.5) is 0 Å². The number of Topliss-reactive ketones (excluding diaryl/α,β-unsaturated/α-hetero) is 2. The summed E-state index contributed by atoms with van der Waals surface area (Å²) in [5, 5.41) is 8.74. The van der Waals surface area contributed by atoms with Crippen molar-refractivity contribution in [2.45, 2.75) is 96.8 Å². The molecule has 0 saturated heterocycles. The molecule has 0 amide bonds. The summed E-state index contributed by atoms with van der Waals surface area (Å²) < 4.78 is 10.2. The Balaban J connectivity index is 2.13. The van der Waals surface area contributed by atoms with Gasteiger partial charge in [-0.15, -0.1) is 0 Å². The zero-order valence-electron chi connectivity index (χ0n) is 18.7. The minimum absolute atomic E-state index is 0.0175. The number of allylic oxidation sites excluding steroid dienone is 2. The van der Waals surface area contributed by atoms with Gasteiger partial charge >= 0.3 is 0 Å². The van der Waals surface area contributed by atoms with Crippen LogP contribution in [-0.4, -0.2) is 37.5 Å². The summed E-state index contributed by atoms with van der Waals surface area (Å²) in [5.41, 5.74) is 1.07. The van der Waals surface area contributed by atoms with Crippen LogP contribution in [-0.2, 0) is 19.1 Å². The summed E-state index contributed by atoms with van der Waals surface area (Å²) >= 11 is 0. The Labute approximate surface area is 176 Å². The molecule has 1 aliphatic carbocycles. The van der Waals surface area contributed by atoms with Crippen molar-refractivity contribution in [3.63, 3.8) is 0 Å². The molecule has 1 aliphatic rings. The molecular weight excluding hydrogens is 368 g/mol. The summed E-state index contributed by atoms with van der Waals surface area (Å²) in [6, 6.07) is 0. The molecule has 0 saturated carbocycles. The second-order valence-electron chi connectivity index (χ2n) is 7.90. The van der Waals surface area contributed by atoms with Crippen LogP contribution in [0.15, 0.2) is 22.7 Å². The van der Waals surface area contributed by atoms with Crippen LogP contribution >= 0.6 is 0 Å². The number of hydrogen-bond acceptors (Lipinski definition) is 5. The first-order valence-corrected chi connectivity index (χ1v) is 11.3. The number of carbonyl (C=O) groups excluding carboxylic acids is 2. The molecule has 0 unspecified atom stereocenters. The highest BCUT2D eigenvalue weighted by Crippen LogP contribution is 2.28. The molecule has 0 heterocycles. The molecule has 5 nitrogen and oxygen atoms in total. The van der Waals surface area contributed by atoms with E-state index < -0.39 is 0 Å². The van der Waals surface area contributed by atoms with Gasteiger partial charge in [0.1, 0.15) is 0 Å². The van der Waals surface area contributed by atoms with Crippen LogP contribution in [0.5, 0.6) is 0 Å². The maximum absolute atomic E-state index is 12.6. The van der Waals surface area contributed by atoms with E-state index in [1.54, 1.807) is 6.92 Å². The lowest BCUT2D eigenvalue weighted by molar-refractivity contribution is -0.121. The molecule has 166 valence electrons. The molecule has 5 heteroatoms. The van der Waals surface area contributed by atoms with Gasteiger partial charge in [0.25, 0.3) is 0 Å². The van der Waals surface area contributed by atoms with E-state index in [2.05, 4.69) is 0 Å². The molecule has 0 aromatic heterocycles. The first-order chi connectivity index (χ1) is 14.1. The molecule has 29 heavy (non-hydrogen) atoms. The molecular formula is C24H40O5. The Hall–Kier alpha value is -1.62. The van der Waals surface area contributed by atoms with Gasteiger partial charge in [-0.1, -0.05) is 70.6 Å². The summed E-state index contributed by atoms with van der Waals surface area (Å²) in [5.74, 6) is -0.402. The van der Waals surface area contributed by atoms with E-state index in [0.29, 0.717) is 24.2 Å². The third kappa shape index (κ3) is 8.73. The van der Waals surface area contributed by atoms with Crippen molar-refractivity contribution >= 4 is 11.6 Å². The Morgan fingerprint density at radius 3 is 1.41 bits per heavy atom. The van der Waals surface area contributed by atoms with E-state index in [4.69, 9.17) is 14.6 Å². The molecule has 1 rings (SSSR count). The van der Waals surface area contributed by atoms with Gasteiger partial charge in [-0.25, -0.2) is 0 Å². The van der Waals surface area contributed by atoms with Gasteiger partial charge in [-0.05, 0) is 26.2 Å². The van der Waals surface area contributed by atoms with Crippen LogP contribution in [0, 0.1) is 0 Å². The quantitative estimate of drug-likeness (QED) is 0.257. The lowest BCUT2D eigenvalue weighted by atomic mass is 9.89. The number of ether oxygens (including phenoxy) is 2. The average molecular weight is 409 g/mol. The Morgan fingerprint density at radius 2 is 1.00 bits per heavy atom. The molecule has 0 atom stereocenters. The number of unbranched alkanes of at least 4 members (excludes halogenated alkanes) is 12. The zero-order valence-corrected chi connectivity index (χ0v) is 18.7. The van der Waals surface area contributed by atoms with Gasteiger partial charge < -0.3 is 14.6 Å². The number of ketones is 2. The highest BCUT2D eigenvalue weighted by atomic mass is 16.5. The minimum Gasteiger partial charge on any atom is -0.489 e. The fraction of sp³-hybridized carbons (Fsp3) is 0.750. The van der Waals surface area contributed by atoms with Crippen LogP contribution in [0.3, 0.4) is 0 Å². The lowest BCUT2D eigenvalue weighted by Gasteiger charge is -2.20. The van der Waals surface area contributed by atoms with Crippen molar-refractivity contribution < 1.29 is 24.2 Å². The van der Waals surface area contributed by atoms with Crippen molar-refractivity contribution in [3.05, 3.63) is 22.7 Å². The topological polar surface area (TPSA) is 72.8 Å². The summed E-state index contributed by atoms with van der Waals surface area (Å²) in [4.78, 5) is 24.9. The maximum Gasteiger partial charge on any atom is 0.228 e. The van der Waals surface area contributed by atoms with Crippen LogP contribution in [0.2, 0.25) is 0 Å². The van der Waals surface area contributed by atoms with Gasteiger partial charge in [-0.3, -0.25) is 9.59 Å². The van der Waals surface area contributed by atoms with Gasteiger partial charge in [-0.2, -0.15) is 0 Å². The van der Waals surface area contributed by atoms with Crippen molar-refractivity contribution in [3.8, 4) is 0 Å². The zero-order chi connectivity index (χ0) is 21.5. The molecule has 0 spiro atoms. The second kappa shape index (κ2) is 15.3. The minimum atomic E-state index is -0.243. The summed E-state index contributed by atoms with van der Waals surface area (Å²) in [7, 11) is 2.78. The Kier molecular flexibility index (Phi) is 13.4.